The summed E-state index contributed by atoms with van der Waals surface area (Å²) in [5.41, 5.74) is 3.02. The van der Waals surface area contributed by atoms with Crippen molar-refractivity contribution >= 4 is 12.0 Å². The number of methoxy groups -OCH3 is 1. The van der Waals surface area contributed by atoms with Crippen LogP contribution in [0, 0.1) is 0 Å². The van der Waals surface area contributed by atoms with E-state index in [1.54, 1.807) is 24.5 Å². The maximum atomic E-state index is 13.2. The molecule has 1 aromatic heterocycles. The zero-order valence-corrected chi connectivity index (χ0v) is 19.9. The molecule has 1 fully saturated rings. The summed E-state index contributed by atoms with van der Waals surface area (Å²) >= 11 is 0. The summed E-state index contributed by atoms with van der Waals surface area (Å²) in [6.45, 7) is 3.10. The lowest BCUT2D eigenvalue weighted by Gasteiger charge is -2.25. The number of pyridine rings is 1. The Balaban J connectivity index is 1.45. The lowest BCUT2D eigenvalue weighted by molar-refractivity contribution is -0.132. The minimum absolute atomic E-state index is 0.0843. The van der Waals surface area contributed by atoms with Crippen molar-refractivity contribution < 1.29 is 19.4 Å². The van der Waals surface area contributed by atoms with Gasteiger partial charge in [0.05, 0.1) is 26.4 Å². The van der Waals surface area contributed by atoms with Gasteiger partial charge in [-0.1, -0.05) is 54.6 Å². The van der Waals surface area contributed by atoms with Crippen LogP contribution in [0.25, 0.3) is 6.08 Å². The number of carbonyl (C=O) groups is 1. The average Bonchev–Trinajstić information content (AvgIpc) is 3.03. The van der Waals surface area contributed by atoms with Gasteiger partial charge in [0.25, 0.3) is 0 Å². The zero-order chi connectivity index (χ0) is 24.5. The molecule has 35 heavy (non-hydrogen) atoms. The first-order valence-electron chi connectivity index (χ1n) is 11.7. The van der Waals surface area contributed by atoms with E-state index in [-0.39, 0.29) is 17.8 Å². The molecule has 1 N–H and O–H groups in total. The Morgan fingerprint density at radius 1 is 1.09 bits per heavy atom. The number of aromatic nitrogens is 1. The highest BCUT2D eigenvalue weighted by atomic mass is 16.5. The third-order valence-electron chi connectivity index (χ3n) is 5.90. The number of hydrogen-bond acceptors (Lipinski definition) is 6. The smallest absolute Gasteiger partial charge is 0.237 e. The quantitative estimate of drug-likeness (QED) is 0.510. The Bertz CT molecular complexity index is 1120. The van der Waals surface area contributed by atoms with E-state index in [2.05, 4.69) is 9.88 Å². The van der Waals surface area contributed by atoms with Crippen LogP contribution in [0.3, 0.4) is 0 Å². The summed E-state index contributed by atoms with van der Waals surface area (Å²) in [7, 11) is 1.53. The number of phenols is 1. The molecule has 7 heteroatoms. The Morgan fingerprint density at radius 2 is 1.91 bits per heavy atom. The third kappa shape index (κ3) is 7.15. The Labute approximate surface area is 206 Å². The van der Waals surface area contributed by atoms with Gasteiger partial charge in [0.2, 0.25) is 5.91 Å². The average molecular weight is 474 g/mol. The molecule has 4 rings (SSSR count). The molecule has 3 aromatic rings. The van der Waals surface area contributed by atoms with Crippen molar-refractivity contribution in [2.75, 3.05) is 33.3 Å². The molecule has 0 unspecified atom stereocenters. The second kappa shape index (κ2) is 12.1. The zero-order valence-electron chi connectivity index (χ0n) is 19.9. The maximum absolute atomic E-state index is 13.2. The molecule has 0 spiro atoms. The van der Waals surface area contributed by atoms with E-state index in [9.17, 15) is 9.90 Å². The van der Waals surface area contributed by atoms with E-state index in [0.29, 0.717) is 45.1 Å². The van der Waals surface area contributed by atoms with Crippen LogP contribution in [-0.4, -0.2) is 65.2 Å². The molecule has 0 saturated carbocycles. The van der Waals surface area contributed by atoms with Gasteiger partial charge in [-0.05, 0) is 34.9 Å². The fourth-order valence-electron chi connectivity index (χ4n) is 4.08. The second-order valence-corrected chi connectivity index (χ2v) is 8.58. The normalized spacial score (nSPS) is 17.0. The second-order valence-electron chi connectivity index (χ2n) is 8.58. The number of amides is 1. The summed E-state index contributed by atoms with van der Waals surface area (Å²) in [5, 5.41) is 9.80. The molecule has 0 radical (unpaired) electrons. The molecule has 7 nitrogen and oxygen atoms in total. The van der Waals surface area contributed by atoms with Gasteiger partial charge in [-0.15, -0.1) is 0 Å². The van der Waals surface area contributed by atoms with E-state index < -0.39 is 0 Å². The molecule has 0 bridgehead atoms. The molecular weight excluding hydrogens is 442 g/mol. The summed E-state index contributed by atoms with van der Waals surface area (Å²) in [5.74, 6) is 0.619. The predicted octanol–water partition coefficient (Wildman–Crippen LogP) is 3.74. The minimum Gasteiger partial charge on any atom is -0.504 e. The largest absolute Gasteiger partial charge is 0.504 e. The van der Waals surface area contributed by atoms with Gasteiger partial charge in [0, 0.05) is 38.6 Å². The number of phenolic OH excluding ortho intramolecular Hbond substituents is 1. The SMILES string of the molecule is COc1cc(/C=C/CN2CC(=O)N(Cc3ccccc3)C[C@H](OCc3cccnc3)C2)ccc1O. The molecule has 182 valence electrons. The van der Waals surface area contributed by atoms with Crippen molar-refractivity contribution in [3.63, 3.8) is 0 Å². The standard InChI is InChI=1S/C28H31N3O4/c1-34-27-15-22(11-12-26(27)32)10-6-14-30-18-25(35-21-24-9-5-13-29-16-24)19-31(28(33)20-30)17-23-7-3-2-4-8-23/h2-13,15-16,25,32H,14,17-21H2,1H3/b10-6+/t25-/m1/s1. The monoisotopic (exact) mass is 473 g/mol. The fraction of sp³-hybridized carbons (Fsp3) is 0.286. The first-order valence-corrected chi connectivity index (χ1v) is 11.7. The van der Waals surface area contributed by atoms with Crippen LogP contribution in [0.4, 0.5) is 0 Å². The predicted molar refractivity (Wildman–Crippen MR) is 135 cm³/mol. The molecule has 1 atom stereocenters. The summed E-state index contributed by atoms with van der Waals surface area (Å²) in [6, 6.07) is 19.1. The van der Waals surface area contributed by atoms with Gasteiger partial charge in [-0.25, -0.2) is 0 Å². The van der Waals surface area contributed by atoms with E-state index in [4.69, 9.17) is 9.47 Å². The Morgan fingerprint density at radius 3 is 2.69 bits per heavy atom. The van der Waals surface area contributed by atoms with Gasteiger partial charge < -0.3 is 19.5 Å². The van der Waals surface area contributed by atoms with Crippen LogP contribution in [0.5, 0.6) is 11.5 Å². The van der Waals surface area contributed by atoms with Crippen molar-refractivity contribution in [2.45, 2.75) is 19.3 Å². The van der Waals surface area contributed by atoms with Crippen molar-refractivity contribution in [3.8, 4) is 11.5 Å². The van der Waals surface area contributed by atoms with E-state index in [0.717, 1.165) is 16.7 Å². The fourth-order valence-corrected chi connectivity index (χ4v) is 4.08. The molecule has 1 aliphatic heterocycles. The molecule has 0 aliphatic carbocycles. The van der Waals surface area contributed by atoms with Gasteiger partial charge in [0.1, 0.15) is 0 Å². The molecule has 2 aromatic carbocycles. The molecule has 1 aliphatic rings. The number of carbonyl (C=O) groups excluding carboxylic acids is 1. The minimum atomic E-state index is -0.132. The summed E-state index contributed by atoms with van der Waals surface area (Å²) in [6.07, 6.45) is 7.39. The number of rotatable bonds is 9. The van der Waals surface area contributed by atoms with E-state index in [1.807, 2.05) is 65.6 Å². The summed E-state index contributed by atoms with van der Waals surface area (Å²) in [4.78, 5) is 21.3. The number of aromatic hydroxyl groups is 1. The first-order chi connectivity index (χ1) is 17.1. The Kier molecular flexibility index (Phi) is 8.48. The number of hydrogen-bond donors (Lipinski definition) is 1. The van der Waals surface area contributed by atoms with Crippen LogP contribution in [0.2, 0.25) is 0 Å². The van der Waals surface area contributed by atoms with Crippen LogP contribution in [0.15, 0.2) is 79.1 Å². The van der Waals surface area contributed by atoms with Crippen LogP contribution < -0.4 is 4.74 Å². The highest BCUT2D eigenvalue weighted by molar-refractivity contribution is 5.78. The van der Waals surface area contributed by atoms with Gasteiger partial charge in [-0.3, -0.25) is 14.7 Å². The van der Waals surface area contributed by atoms with Crippen LogP contribution in [-0.2, 0) is 22.7 Å². The molecule has 1 amide bonds. The van der Waals surface area contributed by atoms with Crippen molar-refractivity contribution in [1.82, 2.24) is 14.8 Å². The van der Waals surface area contributed by atoms with Crippen LogP contribution >= 0.6 is 0 Å². The van der Waals surface area contributed by atoms with Gasteiger partial charge in [-0.2, -0.15) is 0 Å². The Hall–Kier alpha value is -3.68. The van der Waals surface area contributed by atoms with Crippen molar-refractivity contribution in [1.29, 1.82) is 0 Å². The van der Waals surface area contributed by atoms with Gasteiger partial charge in [0.15, 0.2) is 11.5 Å². The third-order valence-corrected chi connectivity index (χ3v) is 5.90. The summed E-state index contributed by atoms with van der Waals surface area (Å²) < 4.78 is 11.4. The molecule has 1 saturated heterocycles. The first kappa shape index (κ1) is 24.4. The maximum Gasteiger partial charge on any atom is 0.237 e. The number of ether oxygens (including phenoxy) is 2. The van der Waals surface area contributed by atoms with E-state index >= 15 is 0 Å². The van der Waals surface area contributed by atoms with E-state index in [1.165, 1.54) is 7.11 Å². The topological polar surface area (TPSA) is 75.1 Å². The lowest BCUT2D eigenvalue weighted by Crippen LogP contribution is -2.37. The number of benzene rings is 2. The molecule has 2 heterocycles. The highest BCUT2D eigenvalue weighted by Gasteiger charge is 2.28. The van der Waals surface area contributed by atoms with Crippen LogP contribution in [0.1, 0.15) is 16.7 Å². The highest BCUT2D eigenvalue weighted by Crippen LogP contribution is 2.26. The van der Waals surface area contributed by atoms with Gasteiger partial charge >= 0.3 is 0 Å². The van der Waals surface area contributed by atoms with Crippen molar-refractivity contribution in [3.05, 3.63) is 95.8 Å². The molecular formula is C28H31N3O4. The lowest BCUT2D eigenvalue weighted by atomic mass is 10.2. The number of nitrogens with zero attached hydrogens (tertiary/aromatic N) is 3. The van der Waals surface area contributed by atoms with Crippen molar-refractivity contribution in [2.24, 2.45) is 0 Å².